The standard InChI is InChI=1S/C23H29N3OS/c1-28-21-8-3-2-6-19(21)16-25-14-11-23(12-15-25)10-9-22(27)26(18-23)17-20-7-4-5-13-24-20/h2-8,13H,9-12,14-18H2,1H3. The molecular formula is C23H29N3OS. The van der Waals surface area contributed by atoms with Crippen LogP contribution in [-0.2, 0) is 17.9 Å². The van der Waals surface area contributed by atoms with Gasteiger partial charge in [0.05, 0.1) is 12.2 Å². The average molecular weight is 396 g/mol. The van der Waals surface area contributed by atoms with E-state index >= 15 is 0 Å². The van der Waals surface area contributed by atoms with E-state index < -0.39 is 0 Å². The van der Waals surface area contributed by atoms with E-state index in [-0.39, 0.29) is 11.3 Å². The van der Waals surface area contributed by atoms with Crippen LogP contribution in [0.15, 0.2) is 53.6 Å². The number of aromatic nitrogens is 1. The Morgan fingerprint density at radius 2 is 1.82 bits per heavy atom. The molecule has 5 heteroatoms. The molecule has 4 rings (SSSR count). The van der Waals surface area contributed by atoms with Crippen LogP contribution in [0.1, 0.15) is 36.9 Å². The Hall–Kier alpha value is -1.85. The molecule has 2 aliphatic heterocycles. The first-order valence-electron chi connectivity index (χ1n) is 10.2. The molecule has 2 fully saturated rings. The van der Waals surface area contributed by atoms with Gasteiger partial charge in [0.15, 0.2) is 0 Å². The Morgan fingerprint density at radius 1 is 1.04 bits per heavy atom. The number of benzene rings is 1. The zero-order valence-corrected chi connectivity index (χ0v) is 17.5. The number of piperidine rings is 2. The molecule has 1 amide bonds. The summed E-state index contributed by atoms with van der Waals surface area (Å²) in [5.41, 5.74) is 2.71. The van der Waals surface area contributed by atoms with Crippen molar-refractivity contribution < 1.29 is 4.79 Å². The van der Waals surface area contributed by atoms with Crippen LogP contribution in [0, 0.1) is 5.41 Å². The lowest BCUT2D eigenvalue weighted by atomic mass is 9.72. The predicted octanol–water partition coefficient (Wildman–Crippen LogP) is 4.21. The minimum absolute atomic E-state index is 0.285. The first kappa shape index (κ1) is 19.5. The zero-order valence-electron chi connectivity index (χ0n) is 16.6. The van der Waals surface area contributed by atoms with Crippen LogP contribution in [0.3, 0.4) is 0 Å². The molecule has 2 saturated heterocycles. The monoisotopic (exact) mass is 395 g/mol. The van der Waals surface area contributed by atoms with Gasteiger partial charge in [0, 0.05) is 30.6 Å². The Bertz CT molecular complexity index is 803. The third-order valence-electron chi connectivity index (χ3n) is 6.33. The molecule has 0 bridgehead atoms. The minimum Gasteiger partial charge on any atom is -0.336 e. The van der Waals surface area contributed by atoms with E-state index in [0.29, 0.717) is 13.0 Å². The third kappa shape index (κ3) is 4.41. The maximum absolute atomic E-state index is 12.5. The lowest BCUT2D eigenvalue weighted by Gasteiger charge is -2.47. The second kappa shape index (κ2) is 8.66. The van der Waals surface area contributed by atoms with E-state index in [2.05, 4.69) is 40.4 Å². The van der Waals surface area contributed by atoms with Crippen LogP contribution in [0.2, 0.25) is 0 Å². The molecule has 1 aromatic heterocycles. The van der Waals surface area contributed by atoms with Crippen molar-refractivity contribution in [3.8, 4) is 0 Å². The molecule has 0 N–H and O–H groups in total. The van der Waals surface area contributed by atoms with E-state index in [1.807, 2.05) is 41.1 Å². The summed E-state index contributed by atoms with van der Waals surface area (Å²) >= 11 is 1.83. The highest BCUT2D eigenvalue weighted by Crippen LogP contribution is 2.41. The highest BCUT2D eigenvalue weighted by molar-refractivity contribution is 7.98. The molecule has 2 aromatic rings. The molecule has 3 heterocycles. The zero-order chi connectivity index (χ0) is 19.4. The van der Waals surface area contributed by atoms with Crippen LogP contribution in [0.4, 0.5) is 0 Å². The summed E-state index contributed by atoms with van der Waals surface area (Å²) in [5.74, 6) is 0.285. The quantitative estimate of drug-likeness (QED) is 0.711. The molecule has 1 spiro atoms. The first-order valence-corrected chi connectivity index (χ1v) is 11.4. The predicted molar refractivity (Wildman–Crippen MR) is 114 cm³/mol. The van der Waals surface area contributed by atoms with E-state index in [1.165, 1.54) is 23.3 Å². The molecule has 2 aliphatic rings. The number of hydrogen-bond acceptors (Lipinski definition) is 4. The average Bonchev–Trinajstić information content (AvgIpc) is 2.74. The summed E-state index contributed by atoms with van der Waals surface area (Å²) in [6.45, 7) is 4.80. The number of hydrogen-bond donors (Lipinski definition) is 0. The number of rotatable bonds is 5. The Kier molecular flexibility index (Phi) is 6.02. The van der Waals surface area contributed by atoms with Gasteiger partial charge in [0.1, 0.15) is 0 Å². The third-order valence-corrected chi connectivity index (χ3v) is 7.17. The minimum atomic E-state index is 0.285. The maximum Gasteiger partial charge on any atom is 0.222 e. The summed E-state index contributed by atoms with van der Waals surface area (Å²) in [6.07, 6.45) is 8.05. The van der Waals surface area contributed by atoms with E-state index in [1.54, 1.807) is 0 Å². The largest absolute Gasteiger partial charge is 0.336 e. The Balaban J connectivity index is 1.37. The fraction of sp³-hybridized carbons (Fsp3) is 0.478. The van der Waals surface area contributed by atoms with Gasteiger partial charge in [-0.1, -0.05) is 24.3 Å². The molecular weight excluding hydrogens is 366 g/mol. The van der Waals surface area contributed by atoms with Gasteiger partial charge in [0.2, 0.25) is 5.91 Å². The number of thioether (sulfide) groups is 1. The summed E-state index contributed by atoms with van der Waals surface area (Å²) in [6, 6.07) is 14.7. The van der Waals surface area contributed by atoms with Gasteiger partial charge in [-0.3, -0.25) is 14.7 Å². The van der Waals surface area contributed by atoms with Crippen molar-refractivity contribution in [1.82, 2.24) is 14.8 Å². The fourth-order valence-electron chi connectivity index (χ4n) is 4.60. The number of likely N-dealkylation sites (tertiary alicyclic amines) is 2. The number of pyridine rings is 1. The second-order valence-corrected chi connectivity index (χ2v) is 9.01. The normalized spacial score (nSPS) is 19.9. The molecule has 1 aromatic carbocycles. The first-order chi connectivity index (χ1) is 13.7. The Morgan fingerprint density at radius 3 is 2.57 bits per heavy atom. The lowest BCUT2D eigenvalue weighted by molar-refractivity contribution is -0.140. The second-order valence-electron chi connectivity index (χ2n) is 8.16. The van der Waals surface area contributed by atoms with E-state index in [9.17, 15) is 4.79 Å². The van der Waals surface area contributed by atoms with Gasteiger partial charge in [-0.05, 0) is 67.8 Å². The Labute approximate surface area is 172 Å². The molecule has 0 saturated carbocycles. The number of carbonyl (C=O) groups excluding carboxylic acids is 1. The van der Waals surface area contributed by atoms with Crippen molar-refractivity contribution in [1.29, 1.82) is 0 Å². The molecule has 0 radical (unpaired) electrons. The van der Waals surface area contributed by atoms with Crippen molar-refractivity contribution in [2.75, 3.05) is 25.9 Å². The fourth-order valence-corrected chi connectivity index (χ4v) is 5.21. The van der Waals surface area contributed by atoms with Crippen LogP contribution in [-0.4, -0.2) is 46.6 Å². The van der Waals surface area contributed by atoms with Crippen LogP contribution in [0.25, 0.3) is 0 Å². The van der Waals surface area contributed by atoms with Gasteiger partial charge < -0.3 is 4.90 Å². The lowest BCUT2D eigenvalue weighted by Crippen LogP contribution is -2.51. The summed E-state index contributed by atoms with van der Waals surface area (Å²) in [5, 5.41) is 0. The van der Waals surface area contributed by atoms with Gasteiger partial charge in [0.25, 0.3) is 0 Å². The highest BCUT2D eigenvalue weighted by Gasteiger charge is 2.40. The SMILES string of the molecule is CSc1ccccc1CN1CCC2(CCC(=O)N(Cc3ccccn3)C2)CC1. The molecule has 0 atom stereocenters. The van der Waals surface area contributed by atoms with Crippen LogP contribution >= 0.6 is 11.8 Å². The molecule has 0 aliphatic carbocycles. The van der Waals surface area contributed by atoms with Gasteiger partial charge in [-0.15, -0.1) is 11.8 Å². The van der Waals surface area contributed by atoms with Crippen LogP contribution in [0.5, 0.6) is 0 Å². The summed E-state index contributed by atoms with van der Waals surface area (Å²) < 4.78 is 0. The van der Waals surface area contributed by atoms with Crippen molar-refractivity contribution in [2.45, 2.75) is 43.7 Å². The topological polar surface area (TPSA) is 36.4 Å². The number of amides is 1. The molecule has 4 nitrogen and oxygen atoms in total. The van der Waals surface area contributed by atoms with E-state index in [0.717, 1.165) is 38.3 Å². The smallest absolute Gasteiger partial charge is 0.222 e. The summed E-state index contributed by atoms with van der Waals surface area (Å²) in [4.78, 5) is 22.9. The van der Waals surface area contributed by atoms with Gasteiger partial charge in [-0.25, -0.2) is 0 Å². The molecule has 0 unspecified atom stereocenters. The summed E-state index contributed by atoms with van der Waals surface area (Å²) in [7, 11) is 0. The van der Waals surface area contributed by atoms with Crippen molar-refractivity contribution in [2.24, 2.45) is 5.41 Å². The van der Waals surface area contributed by atoms with Crippen molar-refractivity contribution in [3.05, 3.63) is 59.9 Å². The van der Waals surface area contributed by atoms with Crippen molar-refractivity contribution >= 4 is 17.7 Å². The molecule has 28 heavy (non-hydrogen) atoms. The highest BCUT2D eigenvalue weighted by atomic mass is 32.2. The number of carbonyl (C=O) groups is 1. The van der Waals surface area contributed by atoms with Gasteiger partial charge in [-0.2, -0.15) is 0 Å². The number of nitrogens with zero attached hydrogens (tertiary/aromatic N) is 3. The van der Waals surface area contributed by atoms with E-state index in [4.69, 9.17) is 0 Å². The maximum atomic E-state index is 12.5. The molecule has 148 valence electrons. The van der Waals surface area contributed by atoms with Crippen LogP contribution < -0.4 is 0 Å². The van der Waals surface area contributed by atoms with Gasteiger partial charge >= 0.3 is 0 Å². The van der Waals surface area contributed by atoms with Crippen molar-refractivity contribution in [3.63, 3.8) is 0 Å².